The lowest BCUT2D eigenvalue weighted by Gasteiger charge is -2.08. The van der Waals surface area contributed by atoms with Crippen LogP contribution in [0.1, 0.15) is 20.9 Å². The third kappa shape index (κ3) is 4.33. The Balaban J connectivity index is 1.41. The molecule has 2 aromatic carbocycles. The van der Waals surface area contributed by atoms with Crippen LogP contribution in [0.2, 0.25) is 0 Å². The number of ether oxygens (including phenoxy) is 1. The van der Waals surface area contributed by atoms with Crippen molar-refractivity contribution in [1.82, 2.24) is 9.38 Å². The summed E-state index contributed by atoms with van der Waals surface area (Å²) in [7, 11) is 0. The maximum atomic E-state index is 13.2. The van der Waals surface area contributed by atoms with Crippen LogP contribution in [-0.4, -0.2) is 15.3 Å². The quantitative estimate of drug-likeness (QED) is 0.540. The highest BCUT2D eigenvalue weighted by Gasteiger charge is 2.08. The number of rotatable bonds is 5. The first-order chi connectivity index (χ1) is 14.0. The van der Waals surface area contributed by atoms with Crippen molar-refractivity contribution in [2.45, 2.75) is 13.5 Å². The fraction of sp³-hybridized carbons (Fsp3) is 0.0952. The van der Waals surface area contributed by atoms with Crippen LogP contribution in [0.5, 0.6) is 5.75 Å². The molecule has 0 fully saturated rings. The van der Waals surface area contributed by atoms with E-state index in [1.807, 2.05) is 6.92 Å². The van der Waals surface area contributed by atoms with Crippen LogP contribution in [0.15, 0.2) is 65.6 Å². The number of fused-ring (bicyclic) bond motifs is 1. The van der Waals surface area contributed by atoms with E-state index >= 15 is 0 Å². The number of benzene rings is 2. The van der Waals surface area contributed by atoms with Gasteiger partial charge < -0.3 is 10.1 Å². The Bertz CT molecular complexity index is 1250. The molecule has 1 N–H and O–H groups in total. The minimum Gasteiger partial charge on any atom is -0.487 e. The van der Waals surface area contributed by atoms with Gasteiger partial charge in [0.15, 0.2) is 4.96 Å². The van der Waals surface area contributed by atoms with E-state index in [1.54, 1.807) is 30.5 Å². The van der Waals surface area contributed by atoms with E-state index in [-0.39, 0.29) is 17.7 Å². The number of hydrogen-bond donors (Lipinski definition) is 1. The van der Waals surface area contributed by atoms with Gasteiger partial charge in [-0.05, 0) is 49.4 Å². The maximum Gasteiger partial charge on any atom is 0.258 e. The summed E-state index contributed by atoms with van der Waals surface area (Å²) in [5.41, 5.74) is 1.19. The summed E-state index contributed by atoms with van der Waals surface area (Å²) in [5, 5.41) is 2.70. The van der Waals surface area contributed by atoms with Gasteiger partial charge in [0, 0.05) is 28.4 Å². The molecule has 0 aliphatic heterocycles. The van der Waals surface area contributed by atoms with Gasteiger partial charge in [-0.3, -0.25) is 14.0 Å². The average Bonchev–Trinajstić information content (AvgIpc) is 3.08. The number of hydrogen-bond acceptors (Lipinski definition) is 5. The lowest BCUT2D eigenvalue weighted by molar-refractivity contribution is 0.102. The van der Waals surface area contributed by atoms with E-state index in [4.69, 9.17) is 4.74 Å². The first-order valence-corrected chi connectivity index (χ1v) is 9.58. The summed E-state index contributed by atoms with van der Waals surface area (Å²) in [6.45, 7) is 2.07. The molecule has 8 heteroatoms. The maximum absolute atomic E-state index is 13.2. The van der Waals surface area contributed by atoms with Crippen LogP contribution in [0, 0.1) is 12.7 Å². The zero-order valence-corrected chi connectivity index (χ0v) is 16.2. The Morgan fingerprint density at radius 1 is 1.21 bits per heavy atom. The Hall–Kier alpha value is -3.52. The first kappa shape index (κ1) is 18.8. The fourth-order valence-electron chi connectivity index (χ4n) is 2.76. The molecule has 2 aromatic heterocycles. The molecule has 146 valence electrons. The topological polar surface area (TPSA) is 72.7 Å². The Labute approximate surface area is 169 Å². The van der Waals surface area contributed by atoms with Gasteiger partial charge in [0.1, 0.15) is 18.2 Å². The summed E-state index contributed by atoms with van der Waals surface area (Å²) in [6, 6.07) is 13.7. The second-order valence-electron chi connectivity index (χ2n) is 6.36. The molecule has 4 rings (SSSR count). The van der Waals surface area contributed by atoms with Crippen LogP contribution in [0.4, 0.5) is 10.1 Å². The predicted octanol–water partition coefficient (Wildman–Crippen LogP) is 4.03. The van der Waals surface area contributed by atoms with Gasteiger partial charge in [0.25, 0.3) is 11.5 Å². The highest BCUT2D eigenvalue weighted by Crippen LogP contribution is 2.18. The van der Waals surface area contributed by atoms with E-state index < -0.39 is 11.7 Å². The van der Waals surface area contributed by atoms with Gasteiger partial charge in [-0.15, -0.1) is 11.3 Å². The molecule has 4 aromatic rings. The molecule has 2 heterocycles. The molecule has 0 aliphatic carbocycles. The number of amides is 1. The van der Waals surface area contributed by atoms with Crippen molar-refractivity contribution in [3.8, 4) is 5.75 Å². The van der Waals surface area contributed by atoms with Crippen molar-refractivity contribution in [3.63, 3.8) is 0 Å². The van der Waals surface area contributed by atoms with Crippen LogP contribution in [0.3, 0.4) is 0 Å². The van der Waals surface area contributed by atoms with Crippen molar-refractivity contribution in [3.05, 3.63) is 93.1 Å². The molecule has 0 saturated carbocycles. The number of nitrogens with one attached hydrogen (secondary N) is 1. The third-order valence-electron chi connectivity index (χ3n) is 4.12. The van der Waals surface area contributed by atoms with Gasteiger partial charge >= 0.3 is 0 Å². The van der Waals surface area contributed by atoms with Crippen molar-refractivity contribution >= 4 is 27.9 Å². The fourth-order valence-corrected chi connectivity index (χ4v) is 3.61. The number of aromatic nitrogens is 2. The Morgan fingerprint density at radius 3 is 2.76 bits per heavy atom. The molecule has 0 spiro atoms. The van der Waals surface area contributed by atoms with Crippen LogP contribution < -0.4 is 15.6 Å². The number of halogens is 1. The van der Waals surface area contributed by atoms with E-state index in [9.17, 15) is 14.0 Å². The summed E-state index contributed by atoms with van der Waals surface area (Å²) < 4.78 is 20.4. The lowest BCUT2D eigenvalue weighted by atomic mass is 10.2. The summed E-state index contributed by atoms with van der Waals surface area (Å²) in [4.78, 5) is 30.3. The average molecular weight is 409 g/mol. The largest absolute Gasteiger partial charge is 0.487 e. The number of aryl methyl sites for hydroxylation is 1. The van der Waals surface area contributed by atoms with Gasteiger partial charge in [-0.25, -0.2) is 9.37 Å². The van der Waals surface area contributed by atoms with Crippen molar-refractivity contribution in [1.29, 1.82) is 0 Å². The van der Waals surface area contributed by atoms with Crippen LogP contribution in [-0.2, 0) is 6.61 Å². The van der Waals surface area contributed by atoms with E-state index in [2.05, 4.69) is 10.3 Å². The number of carbonyl (C=O) groups is 1. The second-order valence-corrected chi connectivity index (χ2v) is 7.57. The number of thiazole rings is 1. The Morgan fingerprint density at radius 2 is 2.00 bits per heavy atom. The molecule has 0 aliphatic rings. The van der Waals surface area contributed by atoms with E-state index in [0.717, 1.165) is 4.88 Å². The van der Waals surface area contributed by atoms with Gasteiger partial charge in [-0.2, -0.15) is 0 Å². The first-order valence-electron chi connectivity index (χ1n) is 8.76. The van der Waals surface area contributed by atoms with Gasteiger partial charge in [-0.1, -0.05) is 6.07 Å². The molecule has 0 saturated heterocycles. The van der Waals surface area contributed by atoms with Gasteiger partial charge in [0.2, 0.25) is 0 Å². The third-order valence-corrected chi connectivity index (χ3v) is 5.02. The predicted molar refractivity (Wildman–Crippen MR) is 109 cm³/mol. The molecule has 0 atom stereocenters. The minimum absolute atomic E-state index is 0.145. The molecule has 0 radical (unpaired) electrons. The Kier molecular flexibility index (Phi) is 5.09. The zero-order valence-electron chi connectivity index (χ0n) is 15.4. The molecule has 29 heavy (non-hydrogen) atoms. The highest BCUT2D eigenvalue weighted by atomic mass is 32.1. The van der Waals surface area contributed by atoms with Crippen molar-refractivity contribution < 1.29 is 13.9 Å². The van der Waals surface area contributed by atoms with Gasteiger partial charge in [0.05, 0.1) is 5.69 Å². The summed E-state index contributed by atoms with van der Waals surface area (Å²) in [5.74, 6) is -0.300. The minimum atomic E-state index is -0.467. The molecule has 1 amide bonds. The number of carbonyl (C=O) groups excluding carboxylic acids is 1. The van der Waals surface area contributed by atoms with E-state index in [1.165, 1.54) is 46.1 Å². The zero-order chi connectivity index (χ0) is 20.4. The van der Waals surface area contributed by atoms with Crippen LogP contribution >= 0.6 is 11.3 Å². The normalized spacial score (nSPS) is 10.8. The smallest absolute Gasteiger partial charge is 0.258 e. The number of anilines is 1. The summed E-state index contributed by atoms with van der Waals surface area (Å²) in [6.07, 6.45) is 1.76. The highest BCUT2D eigenvalue weighted by molar-refractivity contribution is 7.16. The molecular formula is C21H16FN3O3S. The SMILES string of the molecule is Cc1cn2c(=O)cc(COc3ccc(NC(=O)c4cccc(F)c4)cc3)nc2s1. The second kappa shape index (κ2) is 7.84. The monoisotopic (exact) mass is 409 g/mol. The van der Waals surface area contributed by atoms with E-state index in [0.29, 0.717) is 22.1 Å². The number of nitrogens with zero attached hydrogens (tertiary/aromatic N) is 2. The van der Waals surface area contributed by atoms with Crippen LogP contribution in [0.25, 0.3) is 4.96 Å². The molecule has 0 bridgehead atoms. The molecule has 6 nitrogen and oxygen atoms in total. The standard InChI is InChI=1S/C21H16FN3O3S/c1-13-11-25-19(26)10-17(24-21(25)29-13)12-28-18-7-5-16(6-8-18)23-20(27)14-3-2-4-15(22)9-14/h2-11H,12H2,1H3,(H,23,27). The lowest BCUT2D eigenvalue weighted by Crippen LogP contribution is -2.14. The molecular weight excluding hydrogens is 393 g/mol. The molecule has 0 unspecified atom stereocenters. The van der Waals surface area contributed by atoms with Crippen molar-refractivity contribution in [2.75, 3.05) is 5.32 Å². The summed E-state index contributed by atoms with van der Waals surface area (Å²) >= 11 is 1.44. The van der Waals surface area contributed by atoms with Crippen molar-refractivity contribution in [2.24, 2.45) is 0 Å².